The van der Waals surface area contributed by atoms with Gasteiger partial charge >= 0.3 is 0 Å². The van der Waals surface area contributed by atoms with Crippen LogP contribution in [0.5, 0.6) is 0 Å². The van der Waals surface area contributed by atoms with Crippen molar-refractivity contribution < 1.29 is 0 Å². The predicted octanol–water partition coefficient (Wildman–Crippen LogP) is 5.87. The van der Waals surface area contributed by atoms with Gasteiger partial charge in [-0.2, -0.15) is 0 Å². The summed E-state index contributed by atoms with van der Waals surface area (Å²) in [5, 5.41) is 0. The van der Waals surface area contributed by atoms with Gasteiger partial charge in [0.2, 0.25) is 0 Å². The van der Waals surface area contributed by atoms with Crippen LogP contribution in [0.2, 0.25) is 0 Å². The minimum atomic E-state index is 0.112. The van der Waals surface area contributed by atoms with Gasteiger partial charge in [0, 0.05) is 28.8 Å². The van der Waals surface area contributed by atoms with Crippen molar-refractivity contribution in [3.8, 4) is 0 Å². The molecule has 0 saturated heterocycles. The molecule has 3 heterocycles. The predicted molar refractivity (Wildman–Crippen MR) is 110 cm³/mol. The number of hydrogen-bond acceptors (Lipinski definition) is 3. The summed E-state index contributed by atoms with van der Waals surface area (Å²) in [5.74, 6) is 1.11. The molecule has 3 nitrogen and oxygen atoms in total. The van der Waals surface area contributed by atoms with Gasteiger partial charge in [-0.15, -0.1) is 0 Å². The van der Waals surface area contributed by atoms with Gasteiger partial charge in [0.25, 0.3) is 0 Å². The van der Waals surface area contributed by atoms with E-state index in [-0.39, 0.29) is 17.0 Å². The Kier molecular flexibility index (Phi) is 3.83. The average Bonchev–Trinajstić information content (AvgIpc) is 3.02. The molecule has 2 aliphatic rings. The maximum Gasteiger partial charge on any atom is 0.158 e. The minimum absolute atomic E-state index is 0.112. The molecule has 0 fully saturated rings. The van der Waals surface area contributed by atoms with Gasteiger partial charge in [-0.1, -0.05) is 45.9 Å². The summed E-state index contributed by atoms with van der Waals surface area (Å²) in [6, 6.07) is 13.7. The lowest BCUT2D eigenvalue weighted by molar-refractivity contribution is 0.0894. The summed E-state index contributed by atoms with van der Waals surface area (Å²) in [4.78, 5) is 9.96. The van der Waals surface area contributed by atoms with Gasteiger partial charge < -0.3 is 9.80 Å². The van der Waals surface area contributed by atoms with Crippen LogP contribution in [-0.4, -0.2) is 17.2 Å². The average molecular weight is 350 g/mol. The lowest BCUT2D eigenvalue weighted by atomic mass is 9.55. The van der Waals surface area contributed by atoms with Crippen LogP contribution in [0.3, 0.4) is 0 Å². The largest absolute Gasteiger partial charge is 0.345 e. The zero-order chi connectivity index (χ0) is 18.7. The SMILES string of the molecule is CCC1(C)c2ccccc2N2c3ncccc3N(C(C)C)C2C1(C)CC. The summed E-state index contributed by atoms with van der Waals surface area (Å²) in [7, 11) is 0. The molecule has 0 aliphatic carbocycles. The van der Waals surface area contributed by atoms with Crippen molar-refractivity contribution in [3.63, 3.8) is 0 Å². The third-order valence-corrected chi connectivity index (χ3v) is 7.37. The van der Waals surface area contributed by atoms with Crippen LogP contribution in [0.4, 0.5) is 17.2 Å². The molecular weight excluding hydrogens is 318 g/mol. The van der Waals surface area contributed by atoms with Crippen LogP contribution in [0.1, 0.15) is 59.9 Å². The summed E-state index contributed by atoms with van der Waals surface area (Å²) >= 11 is 0. The first-order chi connectivity index (χ1) is 12.4. The fourth-order valence-corrected chi connectivity index (χ4v) is 5.46. The fraction of sp³-hybridized carbons (Fsp3) is 0.522. The van der Waals surface area contributed by atoms with Crippen molar-refractivity contribution in [2.24, 2.45) is 5.41 Å². The molecule has 0 spiro atoms. The molecular formula is C23H31N3. The molecule has 2 aliphatic heterocycles. The molecule has 3 heteroatoms. The molecule has 0 N–H and O–H groups in total. The first-order valence-electron chi connectivity index (χ1n) is 10.0. The number of aromatic nitrogens is 1. The van der Waals surface area contributed by atoms with Crippen LogP contribution >= 0.6 is 0 Å². The molecule has 1 aromatic heterocycles. The first kappa shape index (κ1) is 17.4. The van der Waals surface area contributed by atoms with E-state index in [1.165, 1.54) is 16.9 Å². The summed E-state index contributed by atoms with van der Waals surface area (Å²) in [6.45, 7) is 14.3. The first-order valence-corrected chi connectivity index (χ1v) is 10.0. The number of anilines is 3. The van der Waals surface area contributed by atoms with Crippen molar-refractivity contribution in [1.29, 1.82) is 0 Å². The van der Waals surface area contributed by atoms with Crippen molar-refractivity contribution >= 4 is 17.2 Å². The Bertz CT molecular complexity index is 830. The van der Waals surface area contributed by atoms with Crippen molar-refractivity contribution in [2.45, 2.75) is 72.0 Å². The van der Waals surface area contributed by atoms with E-state index in [0.717, 1.165) is 18.7 Å². The Balaban J connectivity index is 2.08. The second-order valence-electron chi connectivity index (χ2n) is 8.56. The second kappa shape index (κ2) is 5.73. The number of nitrogens with zero attached hydrogens (tertiary/aromatic N) is 3. The standard InChI is InChI=1S/C23H31N3/c1-7-22(5)17-12-9-10-13-18(17)26-20-19(14-11-15-24-20)25(16(3)4)21(26)23(22,6)8-2/h9-16,21H,7-8H2,1-6H3. The maximum absolute atomic E-state index is 4.83. The highest BCUT2D eigenvalue weighted by atomic mass is 15.5. The lowest BCUT2D eigenvalue weighted by Crippen LogP contribution is -2.64. The zero-order valence-electron chi connectivity index (χ0n) is 17.0. The Morgan fingerprint density at radius 1 is 1.00 bits per heavy atom. The molecule has 3 atom stereocenters. The third-order valence-electron chi connectivity index (χ3n) is 7.37. The molecule has 1 aromatic carbocycles. The van der Waals surface area contributed by atoms with Crippen LogP contribution in [0.25, 0.3) is 0 Å². The highest BCUT2D eigenvalue weighted by Gasteiger charge is 2.60. The maximum atomic E-state index is 4.83. The van der Waals surface area contributed by atoms with Crippen LogP contribution in [0, 0.1) is 5.41 Å². The molecule has 0 bridgehead atoms. The van der Waals surface area contributed by atoms with E-state index in [1.54, 1.807) is 0 Å². The normalized spacial score (nSPS) is 29.6. The number of hydrogen-bond donors (Lipinski definition) is 0. The second-order valence-corrected chi connectivity index (χ2v) is 8.56. The van der Waals surface area contributed by atoms with Gasteiger partial charge in [0.05, 0.1) is 5.69 Å². The molecule has 0 amide bonds. The number of fused-ring (bicyclic) bond motifs is 5. The topological polar surface area (TPSA) is 19.4 Å². The van der Waals surface area contributed by atoms with Crippen molar-refractivity contribution in [3.05, 3.63) is 48.2 Å². The van der Waals surface area contributed by atoms with E-state index in [9.17, 15) is 0 Å². The zero-order valence-corrected chi connectivity index (χ0v) is 17.0. The van der Waals surface area contributed by atoms with E-state index >= 15 is 0 Å². The lowest BCUT2D eigenvalue weighted by Gasteiger charge is -2.59. The van der Waals surface area contributed by atoms with E-state index in [2.05, 4.69) is 87.7 Å². The highest BCUT2D eigenvalue weighted by Crippen LogP contribution is 2.62. The molecule has 2 aromatic rings. The number of benzene rings is 1. The molecule has 26 heavy (non-hydrogen) atoms. The van der Waals surface area contributed by atoms with Gasteiger partial charge in [-0.3, -0.25) is 0 Å². The quantitative estimate of drug-likeness (QED) is 0.690. The van der Waals surface area contributed by atoms with Gasteiger partial charge in [0.15, 0.2) is 5.82 Å². The number of para-hydroxylation sites is 1. The van der Waals surface area contributed by atoms with E-state index < -0.39 is 0 Å². The highest BCUT2D eigenvalue weighted by molar-refractivity contribution is 5.84. The molecule has 4 rings (SSSR count). The fourth-order valence-electron chi connectivity index (χ4n) is 5.46. The van der Waals surface area contributed by atoms with E-state index in [1.807, 2.05) is 6.20 Å². The van der Waals surface area contributed by atoms with Gasteiger partial charge in [-0.25, -0.2) is 4.98 Å². The number of rotatable bonds is 3. The van der Waals surface area contributed by atoms with Crippen LogP contribution in [-0.2, 0) is 5.41 Å². The van der Waals surface area contributed by atoms with Gasteiger partial charge in [0.1, 0.15) is 6.17 Å². The van der Waals surface area contributed by atoms with E-state index in [4.69, 9.17) is 4.98 Å². The molecule has 138 valence electrons. The Morgan fingerprint density at radius 2 is 1.69 bits per heavy atom. The number of pyridine rings is 1. The monoisotopic (exact) mass is 349 g/mol. The smallest absolute Gasteiger partial charge is 0.158 e. The van der Waals surface area contributed by atoms with Crippen LogP contribution < -0.4 is 9.80 Å². The van der Waals surface area contributed by atoms with E-state index in [0.29, 0.717) is 6.04 Å². The Labute approximate surface area is 158 Å². The Morgan fingerprint density at radius 3 is 2.35 bits per heavy atom. The Hall–Kier alpha value is -2.03. The summed E-state index contributed by atoms with van der Waals surface area (Å²) in [5.41, 5.74) is 4.29. The summed E-state index contributed by atoms with van der Waals surface area (Å²) in [6.07, 6.45) is 4.48. The molecule has 0 saturated carbocycles. The van der Waals surface area contributed by atoms with Crippen molar-refractivity contribution in [1.82, 2.24) is 4.98 Å². The minimum Gasteiger partial charge on any atom is -0.345 e. The molecule has 3 unspecified atom stereocenters. The van der Waals surface area contributed by atoms with Crippen molar-refractivity contribution in [2.75, 3.05) is 9.80 Å². The van der Waals surface area contributed by atoms with Gasteiger partial charge in [-0.05, 0) is 50.5 Å². The molecule has 0 radical (unpaired) electrons. The summed E-state index contributed by atoms with van der Waals surface area (Å²) < 4.78 is 0. The third kappa shape index (κ3) is 1.92. The van der Waals surface area contributed by atoms with Crippen LogP contribution in [0.15, 0.2) is 42.6 Å².